The monoisotopic (exact) mass is 192 g/mol. The SMILES string of the molecule is CCCC(C)C(N)Cc1ccccn1. The predicted octanol–water partition coefficient (Wildman–Crippen LogP) is 2.39. The van der Waals surface area contributed by atoms with E-state index in [2.05, 4.69) is 18.8 Å². The molecule has 0 saturated heterocycles. The lowest BCUT2D eigenvalue weighted by molar-refractivity contribution is 0.417. The van der Waals surface area contributed by atoms with E-state index < -0.39 is 0 Å². The average Bonchev–Trinajstić information content (AvgIpc) is 2.19. The van der Waals surface area contributed by atoms with Crippen LogP contribution in [-0.4, -0.2) is 11.0 Å². The largest absolute Gasteiger partial charge is 0.327 e. The van der Waals surface area contributed by atoms with E-state index in [0.29, 0.717) is 5.92 Å². The lowest BCUT2D eigenvalue weighted by Crippen LogP contribution is -2.30. The van der Waals surface area contributed by atoms with Gasteiger partial charge in [-0.1, -0.05) is 26.3 Å². The van der Waals surface area contributed by atoms with E-state index in [1.165, 1.54) is 12.8 Å². The van der Waals surface area contributed by atoms with Crippen LogP contribution in [0.3, 0.4) is 0 Å². The highest BCUT2D eigenvalue weighted by Crippen LogP contribution is 2.12. The van der Waals surface area contributed by atoms with Crippen LogP contribution >= 0.6 is 0 Å². The van der Waals surface area contributed by atoms with Gasteiger partial charge in [0.25, 0.3) is 0 Å². The summed E-state index contributed by atoms with van der Waals surface area (Å²) in [5, 5.41) is 0. The summed E-state index contributed by atoms with van der Waals surface area (Å²) in [5.41, 5.74) is 7.20. The van der Waals surface area contributed by atoms with Crippen molar-refractivity contribution in [1.82, 2.24) is 4.98 Å². The zero-order valence-electron chi connectivity index (χ0n) is 9.11. The van der Waals surface area contributed by atoms with Crippen LogP contribution in [0.1, 0.15) is 32.4 Å². The van der Waals surface area contributed by atoms with Crippen LogP contribution in [0, 0.1) is 5.92 Å². The zero-order chi connectivity index (χ0) is 10.4. The van der Waals surface area contributed by atoms with Gasteiger partial charge in [0.15, 0.2) is 0 Å². The summed E-state index contributed by atoms with van der Waals surface area (Å²) in [6, 6.07) is 6.23. The molecule has 2 unspecified atom stereocenters. The summed E-state index contributed by atoms with van der Waals surface area (Å²) in [6.07, 6.45) is 5.12. The standard InChI is InChI=1S/C12H20N2/c1-3-6-10(2)12(13)9-11-7-4-5-8-14-11/h4-5,7-8,10,12H,3,6,9,13H2,1-2H3. The summed E-state index contributed by atoms with van der Waals surface area (Å²) >= 11 is 0. The van der Waals surface area contributed by atoms with Crippen LogP contribution in [0.25, 0.3) is 0 Å². The highest BCUT2D eigenvalue weighted by molar-refractivity contribution is 5.05. The van der Waals surface area contributed by atoms with Gasteiger partial charge in [-0.25, -0.2) is 0 Å². The molecule has 0 fully saturated rings. The van der Waals surface area contributed by atoms with Crippen molar-refractivity contribution in [2.24, 2.45) is 11.7 Å². The summed E-state index contributed by atoms with van der Waals surface area (Å²) in [6.45, 7) is 4.42. The second kappa shape index (κ2) is 5.76. The molecule has 1 aromatic rings. The maximum Gasteiger partial charge on any atom is 0.0419 e. The highest BCUT2D eigenvalue weighted by Gasteiger charge is 2.12. The topological polar surface area (TPSA) is 38.9 Å². The van der Waals surface area contributed by atoms with Crippen LogP contribution in [0.15, 0.2) is 24.4 Å². The van der Waals surface area contributed by atoms with Gasteiger partial charge in [-0.2, -0.15) is 0 Å². The molecule has 0 radical (unpaired) electrons. The van der Waals surface area contributed by atoms with Crippen LogP contribution in [-0.2, 0) is 6.42 Å². The summed E-state index contributed by atoms with van der Waals surface area (Å²) in [7, 11) is 0. The second-order valence-corrected chi connectivity index (χ2v) is 3.96. The molecule has 1 heterocycles. The van der Waals surface area contributed by atoms with Gasteiger partial charge in [0, 0.05) is 24.4 Å². The zero-order valence-corrected chi connectivity index (χ0v) is 9.11. The van der Waals surface area contributed by atoms with Crippen molar-refractivity contribution < 1.29 is 0 Å². The quantitative estimate of drug-likeness (QED) is 0.778. The van der Waals surface area contributed by atoms with Crippen molar-refractivity contribution in [1.29, 1.82) is 0 Å². The maximum absolute atomic E-state index is 6.10. The fraction of sp³-hybridized carbons (Fsp3) is 0.583. The number of hydrogen-bond donors (Lipinski definition) is 1. The van der Waals surface area contributed by atoms with Crippen LogP contribution in [0.5, 0.6) is 0 Å². The Bertz CT molecular complexity index is 246. The molecule has 0 aliphatic carbocycles. The predicted molar refractivity (Wildman–Crippen MR) is 60.0 cm³/mol. The van der Waals surface area contributed by atoms with E-state index in [1.54, 1.807) is 0 Å². The first-order valence-electron chi connectivity index (χ1n) is 5.39. The Balaban J connectivity index is 2.44. The van der Waals surface area contributed by atoms with Crippen molar-refractivity contribution in [3.8, 4) is 0 Å². The smallest absolute Gasteiger partial charge is 0.0419 e. The van der Waals surface area contributed by atoms with Crippen LogP contribution < -0.4 is 5.73 Å². The molecule has 2 atom stereocenters. The molecule has 0 bridgehead atoms. The minimum absolute atomic E-state index is 0.241. The fourth-order valence-corrected chi connectivity index (χ4v) is 1.63. The normalized spacial score (nSPS) is 15.1. The molecule has 0 aliphatic heterocycles. The van der Waals surface area contributed by atoms with Gasteiger partial charge in [0.2, 0.25) is 0 Å². The van der Waals surface area contributed by atoms with Crippen LogP contribution in [0.4, 0.5) is 0 Å². The van der Waals surface area contributed by atoms with E-state index in [9.17, 15) is 0 Å². The van der Waals surface area contributed by atoms with E-state index in [0.717, 1.165) is 12.1 Å². The van der Waals surface area contributed by atoms with Crippen molar-refractivity contribution in [2.45, 2.75) is 39.2 Å². The Morgan fingerprint density at radius 3 is 2.79 bits per heavy atom. The number of nitrogens with zero attached hydrogens (tertiary/aromatic N) is 1. The Kier molecular flexibility index (Phi) is 4.60. The van der Waals surface area contributed by atoms with E-state index >= 15 is 0 Å². The van der Waals surface area contributed by atoms with Gasteiger partial charge >= 0.3 is 0 Å². The molecule has 0 amide bonds. The van der Waals surface area contributed by atoms with Gasteiger partial charge in [-0.3, -0.25) is 4.98 Å². The third-order valence-corrected chi connectivity index (χ3v) is 2.65. The average molecular weight is 192 g/mol. The molecule has 1 rings (SSSR count). The third kappa shape index (κ3) is 3.46. The molecule has 1 aromatic heterocycles. The van der Waals surface area contributed by atoms with Gasteiger partial charge in [0.05, 0.1) is 0 Å². The van der Waals surface area contributed by atoms with Crippen LogP contribution in [0.2, 0.25) is 0 Å². The molecule has 14 heavy (non-hydrogen) atoms. The van der Waals surface area contributed by atoms with Gasteiger partial charge in [0.1, 0.15) is 0 Å². The lowest BCUT2D eigenvalue weighted by atomic mass is 9.94. The maximum atomic E-state index is 6.10. The number of nitrogens with two attached hydrogens (primary N) is 1. The summed E-state index contributed by atoms with van der Waals surface area (Å²) in [4.78, 5) is 4.28. The Hall–Kier alpha value is -0.890. The Morgan fingerprint density at radius 1 is 1.43 bits per heavy atom. The van der Waals surface area contributed by atoms with Crippen molar-refractivity contribution >= 4 is 0 Å². The van der Waals surface area contributed by atoms with E-state index in [-0.39, 0.29) is 6.04 Å². The number of rotatable bonds is 5. The lowest BCUT2D eigenvalue weighted by Gasteiger charge is -2.18. The van der Waals surface area contributed by atoms with Crippen molar-refractivity contribution in [3.05, 3.63) is 30.1 Å². The molecule has 0 aliphatic rings. The fourth-order valence-electron chi connectivity index (χ4n) is 1.63. The third-order valence-electron chi connectivity index (χ3n) is 2.65. The summed E-state index contributed by atoms with van der Waals surface area (Å²) < 4.78 is 0. The number of hydrogen-bond acceptors (Lipinski definition) is 2. The molecule has 2 heteroatoms. The molecular formula is C12H20N2. The van der Waals surface area contributed by atoms with E-state index in [4.69, 9.17) is 5.73 Å². The number of pyridine rings is 1. The first-order valence-corrected chi connectivity index (χ1v) is 5.39. The highest BCUT2D eigenvalue weighted by atomic mass is 14.7. The minimum Gasteiger partial charge on any atom is -0.327 e. The molecule has 2 N–H and O–H groups in total. The van der Waals surface area contributed by atoms with Crippen molar-refractivity contribution in [2.75, 3.05) is 0 Å². The molecule has 0 spiro atoms. The Morgan fingerprint density at radius 2 is 2.21 bits per heavy atom. The molecule has 78 valence electrons. The molecule has 0 aromatic carbocycles. The number of aromatic nitrogens is 1. The second-order valence-electron chi connectivity index (χ2n) is 3.96. The molecular weight excluding hydrogens is 172 g/mol. The molecule has 0 saturated carbocycles. The van der Waals surface area contributed by atoms with Crippen molar-refractivity contribution in [3.63, 3.8) is 0 Å². The van der Waals surface area contributed by atoms with E-state index in [1.807, 2.05) is 24.4 Å². The Labute approximate surface area is 86.5 Å². The van der Waals surface area contributed by atoms with Gasteiger partial charge in [-0.05, 0) is 24.5 Å². The minimum atomic E-state index is 0.241. The summed E-state index contributed by atoms with van der Waals surface area (Å²) in [5.74, 6) is 0.585. The molecule has 2 nitrogen and oxygen atoms in total. The van der Waals surface area contributed by atoms with Gasteiger partial charge in [-0.15, -0.1) is 0 Å². The first-order chi connectivity index (χ1) is 6.74. The first kappa shape index (κ1) is 11.2. The van der Waals surface area contributed by atoms with Gasteiger partial charge < -0.3 is 5.73 Å².